The molecule has 2 aromatic rings. The average molecular weight is 382 g/mol. The van der Waals surface area contributed by atoms with Gasteiger partial charge in [0.1, 0.15) is 11.6 Å². The van der Waals surface area contributed by atoms with Crippen LogP contribution < -0.4 is 0 Å². The number of alkyl halides is 6. The van der Waals surface area contributed by atoms with Gasteiger partial charge in [0.25, 0.3) is 0 Å². The molecule has 0 saturated carbocycles. The maximum atomic E-state index is 14.0. The summed E-state index contributed by atoms with van der Waals surface area (Å²) in [5.74, 6) is -2.41. The summed E-state index contributed by atoms with van der Waals surface area (Å²) in [6.45, 7) is 3.36. The molecular weight excluding hydrogens is 368 g/mol. The van der Waals surface area contributed by atoms with Crippen LogP contribution >= 0.6 is 0 Å². The van der Waals surface area contributed by atoms with E-state index in [1.54, 1.807) is 0 Å². The molecule has 0 aliphatic heterocycles. The highest BCUT2D eigenvalue weighted by atomic mass is 19.4. The van der Waals surface area contributed by atoms with Crippen molar-refractivity contribution in [2.75, 3.05) is 0 Å². The molecule has 0 heterocycles. The number of halogens is 8. The molecule has 0 aromatic heterocycles. The predicted molar refractivity (Wildman–Crippen MR) is 79.8 cm³/mol. The fourth-order valence-corrected chi connectivity index (χ4v) is 2.82. The molecule has 0 saturated heterocycles. The second kappa shape index (κ2) is 6.55. The average Bonchev–Trinajstić information content (AvgIpc) is 2.47. The highest BCUT2D eigenvalue weighted by Crippen LogP contribution is 2.39. The molecule has 0 aliphatic carbocycles. The minimum absolute atomic E-state index is 0.0800. The van der Waals surface area contributed by atoms with Crippen LogP contribution in [-0.2, 0) is 18.8 Å². The molecule has 0 radical (unpaired) electrons. The zero-order chi connectivity index (χ0) is 20.0. The Morgan fingerprint density at radius 2 is 1.31 bits per heavy atom. The first-order chi connectivity index (χ1) is 11.7. The van der Waals surface area contributed by atoms with Gasteiger partial charge in [-0.2, -0.15) is 26.3 Å². The first kappa shape index (κ1) is 20.2. The van der Waals surface area contributed by atoms with Crippen LogP contribution in [0.3, 0.4) is 0 Å². The molecule has 2 rings (SSSR count). The van der Waals surface area contributed by atoms with E-state index in [0.717, 1.165) is 19.9 Å². The van der Waals surface area contributed by atoms with Crippen molar-refractivity contribution in [3.8, 4) is 0 Å². The third kappa shape index (κ3) is 3.68. The van der Waals surface area contributed by atoms with Gasteiger partial charge in [-0.15, -0.1) is 0 Å². The van der Waals surface area contributed by atoms with Gasteiger partial charge in [-0.3, -0.25) is 0 Å². The Morgan fingerprint density at radius 1 is 0.731 bits per heavy atom. The van der Waals surface area contributed by atoms with Crippen molar-refractivity contribution in [1.29, 1.82) is 0 Å². The van der Waals surface area contributed by atoms with Crippen molar-refractivity contribution in [2.24, 2.45) is 0 Å². The van der Waals surface area contributed by atoms with Gasteiger partial charge in [-0.25, -0.2) is 8.78 Å². The first-order valence-corrected chi connectivity index (χ1v) is 7.46. The Balaban J connectivity index is 2.62. The van der Waals surface area contributed by atoms with E-state index in [0.29, 0.717) is 12.1 Å². The lowest BCUT2D eigenvalue weighted by molar-refractivity contribution is -0.140. The Hall–Kier alpha value is -2.12. The Bertz CT molecular complexity index is 844. The van der Waals surface area contributed by atoms with Crippen LogP contribution in [0.25, 0.3) is 0 Å². The van der Waals surface area contributed by atoms with Gasteiger partial charge >= 0.3 is 12.4 Å². The number of rotatable bonds is 2. The van der Waals surface area contributed by atoms with E-state index < -0.39 is 52.7 Å². The van der Waals surface area contributed by atoms with Crippen molar-refractivity contribution in [1.82, 2.24) is 0 Å². The lowest BCUT2D eigenvalue weighted by atomic mass is 9.90. The number of benzene rings is 2. The monoisotopic (exact) mass is 382 g/mol. The third-order valence-corrected chi connectivity index (χ3v) is 4.39. The zero-order valence-corrected chi connectivity index (χ0v) is 14.0. The molecule has 2 aromatic carbocycles. The standard InChI is InChI=1S/C18H14F8/c1-8-9(2)15(18(24,25)26)12(7-14(8)19)6-11-4-5-13(17(21,22)23)16(20)10(11)3/h4-5,7H,6H2,1-3H3. The van der Waals surface area contributed by atoms with Gasteiger partial charge in [0.15, 0.2) is 0 Å². The summed E-state index contributed by atoms with van der Waals surface area (Å²) in [5.41, 5.74) is -4.00. The smallest absolute Gasteiger partial charge is 0.207 e. The summed E-state index contributed by atoms with van der Waals surface area (Å²) in [6.07, 6.45) is -10.2. The SMILES string of the molecule is Cc1c(F)cc(Cc2ccc(C(F)(F)F)c(F)c2C)c(C(F)(F)F)c1C. The number of hydrogen-bond donors (Lipinski definition) is 0. The van der Waals surface area contributed by atoms with Crippen LogP contribution in [0.15, 0.2) is 18.2 Å². The molecule has 0 N–H and O–H groups in total. The molecule has 0 bridgehead atoms. The molecule has 0 amide bonds. The van der Waals surface area contributed by atoms with Gasteiger partial charge in [0, 0.05) is 0 Å². The summed E-state index contributed by atoms with van der Waals surface area (Å²) < 4.78 is 106. The van der Waals surface area contributed by atoms with Crippen molar-refractivity contribution in [2.45, 2.75) is 39.5 Å². The van der Waals surface area contributed by atoms with Crippen molar-refractivity contribution >= 4 is 0 Å². The summed E-state index contributed by atoms with van der Waals surface area (Å²) in [7, 11) is 0. The van der Waals surface area contributed by atoms with Crippen LogP contribution in [0, 0.1) is 32.4 Å². The molecule has 0 nitrogen and oxygen atoms in total. The van der Waals surface area contributed by atoms with E-state index in [1.807, 2.05) is 0 Å². The summed E-state index contributed by atoms with van der Waals surface area (Å²) >= 11 is 0. The van der Waals surface area contributed by atoms with E-state index in [2.05, 4.69) is 0 Å². The van der Waals surface area contributed by atoms with Gasteiger partial charge in [0.2, 0.25) is 0 Å². The number of hydrogen-bond acceptors (Lipinski definition) is 0. The van der Waals surface area contributed by atoms with Gasteiger partial charge in [0.05, 0.1) is 11.1 Å². The fraction of sp³-hybridized carbons (Fsp3) is 0.333. The molecular formula is C18H14F8. The predicted octanol–water partition coefficient (Wildman–Crippen LogP) is 6.52. The van der Waals surface area contributed by atoms with E-state index in [1.165, 1.54) is 6.92 Å². The van der Waals surface area contributed by atoms with E-state index in [-0.39, 0.29) is 16.7 Å². The summed E-state index contributed by atoms with van der Waals surface area (Å²) in [6, 6.07) is 2.08. The van der Waals surface area contributed by atoms with Crippen LogP contribution in [0.2, 0.25) is 0 Å². The van der Waals surface area contributed by atoms with E-state index in [4.69, 9.17) is 0 Å². The van der Waals surface area contributed by atoms with Crippen LogP contribution in [-0.4, -0.2) is 0 Å². The molecule has 26 heavy (non-hydrogen) atoms. The summed E-state index contributed by atoms with van der Waals surface area (Å²) in [5, 5.41) is 0. The molecule has 142 valence electrons. The Morgan fingerprint density at radius 3 is 1.81 bits per heavy atom. The van der Waals surface area contributed by atoms with Crippen LogP contribution in [0.1, 0.15) is 38.9 Å². The largest absolute Gasteiger partial charge is 0.419 e. The maximum Gasteiger partial charge on any atom is 0.419 e. The minimum Gasteiger partial charge on any atom is -0.207 e. The molecule has 0 fully saturated rings. The zero-order valence-electron chi connectivity index (χ0n) is 14.0. The summed E-state index contributed by atoms with van der Waals surface area (Å²) in [4.78, 5) is 0. The molecule has 8 heteroatoms. The van der Waals surface area contributed by atoms with Gasteiger partial charge in [-0.1, -0.05) is 6.07 Å². The fourth-order valence-electron chi connectivity index (χ4n) is 2.82. The van der Waals surface area contributed by atoms with Gasteiger partial charge in [-0.05, 0) is 67.1 Å². The van der Waals surface area contributed by atoms with Crippen LogP contribution in [0.5, 0.6) is 0 Å². The third-order valence-electron chi connectivity index (χ3n) is 4.39. The normalized spacial score (nSPS) is 12.6. The topological polar surface area (TPSA) is 0 Å². The highest BCUT2D eigenvalue weighted by molar-refractivity contribution is 5.46. The van der Waals surface area contributed by atoms with Gasteiger partial charge < -0.3 is 0 Å². The quantitative estimate of drug-likeness (QED) is 0.519. The van der Waals surface area contributed by atoms with Crippen molar-refractivity contribution in [3.63, 3.8) is 0 Å². The molecule has 0 aliphatic rings. The molecule has 0 atom stereocenters. The first-order valence-electron chi connectivity index (χ1n) is 7.46. The lowest BCUT2D eigenvalue weighted by Gasteiger charge is -2.19. The second-order valence-electron chi connectivity index (χ2n) is 6.03. The van der Waals surface area contributed by atoms with Crippen molar-refractivity contribution < 1.29 is 35.1 Å². The Labute approximate surface area is 144 Å². The van der Waals surface area contributed by atoms with E-state index >= 15 is 0 Å². The molecule has 0 unspecified atom stereocenters. The minimum atomic E-state index is -4.92. The maximum absolute atomic E-state index is 14.0. The Kier molecular flexibility index (Phi) is 5.09. The second-order valence-corrected chi connectivity index (χ2v) is 6.03. The molecule has 0 spiro atoms. The lowest BCUT2D eigenvalue weighted by Crippen LogP contribution is -2.15. The van der Waals surface area contributed by atoms with Crippen molar-refractivity contribution in [3.05, 3.63) is 68.8 Å². The van der Waals surface area contributed by atoms with E-state index in [9.17, 15) is 35.1 Å². The van der Waals surface area contributed by atoms with Crippen LogP contribution in [0.4, 0.5) is 35.1 Å². The highest BCUT2D eigenvalue weighted by Gasteiger charge is 2.37.